The molecule has 10 nitrogen and oxygen atoms in total. The normalized spacial score (nSPS) is 17.5. The van der Waals surface area contributed by atoms with E-state index < -0.39 is 5.97 Å². The van der Waals surface area contributed by atoms with E-state index in [1.54, 1.807) is 20.0 Å². The second kappa shape index (κ2) is 8.24. The first-order chi connectivity index (χ1) is 15.9. The van der Waals surface area contributed by atoms with Crippen molar-refractivity contribution in [3.63, 3.8) is 0 Å². The lowest BCUT2D eigenvalue weighted by Gasteiger charge is -2.35. The number of amides is 1. The van der Waals surface area contributed by atoms with Crippen LogP contribution >= 0.6 is 11.3 Å². The number of aromatic carboxylic acids is 1. The van der Waals surface area contributed by atoms with E-state index in [0.29, 0.717) is 35.4 Å². The monoisotopic (exact) mass is 464 g/mol. The van der Waals surface area contributed by atoms with Gasteiger partial charge in [0.25, 0.3) is 0 Å². The summed E-state index contributed by atoms with van der Waals surface area (Å²) < 4.78 is 5.09. The lowest BCUT2D eigenvalue weighted by atomic mass is 9.79. The summed E-state index contributed by atoms with van der Waals surface area (Å²) in [6, 6.07) is 7.94. The first-order valence-corrected chi connectivity index (χ1v) is 11.2. The number of pyridine rings is 1. The number of thiazole rings is 1. The van der Waals surface area contributed by atoms with Crippen LogP contribution in [0.25, 0.3) is 22.2 Å². The SMILES string of the molecule is Cc1nc(-c2ccc3ccnc(NC4CC(C(=O)Nc5nc(C)c(C(=O)O)s5)C4)c3c2)no1. The average Bonchev–Trinajstić information content (AvgIpc) is 3.35. The minimum atomic E-state index is -1.04. The Morgan fingerprint density at radius 1 is 1.18 bits per heavy atom. The summed E-state index contributed by atoms with van der Waals surface area (Å²) >= 11 is 0.969. The van der Waals surface area contributed by atoms with Crippen LogP contribution in [0.2, 0.25) is 0 Å². The zero-order chi connectivity index (χ0) is 23.1. The number of fused-ring (bicyclic) bond motifs is 1. The molecule has 3 N–H and O–H groups in total. The minimum Gasteiger partial charge on any atom is -0.477 e. The van der Waals surface area contributed by atoms with Gasteiger partial charge in [0.15, 0.2) is 5.13 Å². The Labute approximate surface area is 192 Å². The van der Waals surface area contributed by atoms with Crippen LogP contribution in [0.5, 0.6) is 0 Å². The third-order valence-corrected chi connectivity index (χ3v) is 6.68. The number of carboxylic acid groups (broad SMARTS) is 1. The second-order valence-electron chi connectivity index (χ2n) is 7.97. The maximum absolute atomic E-state index is 12.5. The Kier molecular flexibility index (Phi) is 5.25. The van der Waals surface area contributed by atoms with Gasteiger partial charge < -0.3 is 20.3 Å². The fraction of sp³-hybridized carbons (Fsp3) is 0.273. The maximum Gasteiger partial charge on any atom is 0.347 e. The molecule has 1 aromatic carbocycles. The van der Waals surface area contributed by atoms with Gasteiger partial charge in [-0.15, -0.1) is 0 Å². The average molecular weight is 465 g/mol. The molecule has 33 heavy (non-hydrogen) atoms. The number of aromatic nitrogens is 4. The number of benzene rings is 1. The maximum atomic E-state index is 12.5. The Morgan fingerprint density at radius 2 is 2.00 bits per heavy atom. The van der Waals surface area contributed by atoms with Gasteiger partial charge in [-0.25, -0.2) is 14.8 Å². The highest BCUT2D eigenvalue weighted by Crippen LogP contribution is 2.34. The molecule has 168 valence electrons. The number of carbonyl (C=O) groups excluding carboxylic acids is 1. The molecule has 1 saturated carbocycles. The summed E-state index contributed by atoms with van der Waals surface area (Å²) in [7, 11) is 0. The molecule has 1 fully saturated rings. The first kappa shape index (κ1) is 21.0. The molecule has 0 unspecified atom stereocenters. The summed E-state index contributed by atoms with van der Waals surface area (Å²) in [5.41, 5.74) is 1.23. The zero-order valence-corrected chi connectivity index (χ0v) is 18.6. The van der Waals surface area contributed by atoms with Crippen molar-refractivity contribution in [1.29, 1.82) is 0 Å². The van der Waals surface area contributed by atoms with E-state index in [-0.39, 0.29) is 22.7 Å². The zero-order valence-electron chi connectivity index (χ0n) is 17.8. The Hall–Kier alpha value is -3.86. The van der Waals surface area contributed by atoms with E-state index in [9.17, 15) is 9.59 Å². The van der Waals surface area contributed by atoms with Crippen molar-refractivity contribution in [3.8, 4) is 11.4 Å². The van der Waals surface area contributed by atoms with E-state index in [1.807, 2.05) is 24.3 Å². The second-order valence-corrected chi connectivity index (χ2v) is 8.97. The quantitative estimate of drug-likeness (QED) is 0.387. The standard InChI is InChI=1S/C22H20N6O4S/c1-10-17(21(30)31)33-22(24-10)27-20(29)14-7-15(8-14)26-19-16-9-13(18-25-11(2)32-28-18)4-3-12(16)5-6-23-19/h3-6,9,14-15H,7-8H2,1-2H3,(H,23,26)(H,30,31)(H,24,27,29). The van der Waals surface area contributed by atoms with Crippen LogP contribution in [0.1, 0.15) is 34.1 Å². The molecule has 1 aliphatic carbocycles. The number of rotatable bonds is 6. The lowest BCUT2D eigenvalue weighted by molar-refractivity contribution is -0.122. The van der Waals surface area contributed by atoms with Gasteiger partial charge in [0.2, 0.25) is 17.6 Å². The highest BCUT2D eigenvalue weighted by Gasteiger charge is 2.35. The molecule has 0 aliphatic heterocycles. The van der Waals surface area contributed by atoms with E-state index in [1.165, 1.54) is 0 Å². The number of carbonyl (C=O) groups is 2. The van der Waals surface area contributed by atoms with Crippen molar-refractivity contribution in [2.24, 2.45) is 5.92 Å². The van der Waals surface area contributed by atoms with E-state index in [4.69, 9.17) is 9.63 Å². The van der Waals surface area contributed by atoms with Crippen molar-refractivity contribution in [3.05, 3.63) is 46.9 Å². The summed E-state index contributed by atoms with van der Waals surface area (Å²) in [6.07, 6.45) is 3.03. The van der Waals surface area contributed by atoms with Gasteiger partial charge in [0.05, 0.1) is 5.69 Å². The van der Waals surface area contributed by atoms with Gasteiger partial charge in [-0.2, -0.15) is 4.98 Å². The van der Waals surface area contributed by atoms with Gasteiger partial charge in [-0.1, -0.05) is 28.6 Å². The van der Waals surface area contributed by atoms with Gasteiger partial charge in [-0.3, -0.25) is 4.79 Å². The number of nitrogens with one attached hydrogen (secondary N) is 2. The molecular formula is C22H20N6O4S. The fourth-order valence-electron chi connectivity index (χ4n) is 3.84. The minimum absolute atomic E-state index is 0.0996. The summed E-state index contributed by atoms with van der Waals surface area (Å²) in [5.74, 6) is 0.388. The highest BCUT2D eigenvalue weighted by atomic mass is 32.1. The molecule has 1 amide bonds. The molecule has 3 heterocycles. The Morgan fingerprint density at radius 3 is 2.70 bits per heavy atom. The van der Waals surface area contributed by atoms with E-state index >= 15 is 0 Å². The molecule has 0 spiro atoms. The van der Waals surface area contributed by atoms with Crippen LogP contribution in [-0.2, 0) is 4.79 Å². The number of aryl methyl sites for hydroxylation is 2. The third-order valence-electron chi connectivity index (χ3n) is 5.62. The fourth-order valence-corrected chi connectivity index (χ4v) is 4.65. The molecular weight excluding hydrogens is 444 g/mol. The molecule has 0 saturated heterocycles. The van der Waals surface area contributed by atoms with Crippen LogP contribution in [0, 0.1) is 19.8 Å². The van der Waals surface area contributed by atoms with Crippen LogP contribution < -0.4 is 10.6 Å². The van der Waals surface area contributed by atoms with Gasteiger partial charge in [0.1, 0.15) is 10.7 Å². The van der Waals surface area contributed by atoms with Crippen molar-refractivity contribution in [2.75, 3.05) is 10.6 Å². The van der Waals surface area contributed by atoms with Crippen LogP contribution in [0.3, 0.4) is 0 Å². The lowest BCUT2D eigenvalue weighted by Crippen LogP contribution is -2.42. The number of hydrogen-bond acceptors (Lipinski definition) is 9. The highest BCUT2D eigenvalue weighted by molar-refractivity contribution is 7.17. The Balaban J connectivity index is 1.25. The van der Waals surface area contributed by atoms with E-state index in [0.717, 1.165) is 33.5 Å². The predicted octanol–water partition coefficient (Wildman–Crippen LogP) is 3.89. The van der Waals surface area contributed by atoms with Crippen molar-refractivity contribution in [1.82, 2.24) is 20.1 Å². The third kappa shape index (κ3) is 4.14. The van der Waals surface area contributed by atoms with Crippen LogP contribution in [0.4, 0.5) is 10.9 Å². The molecule has 0 bridgehead atoms. The Bertz CT molecular complexity index is 1370. The number of anilines is 2. The van der Waals surface area contributed by atoms with Crippen molar-refractivity contribution in [2.45, 2.75) is 32.7 Å². The summed E-state index contributed by atoms with van der Waals surface area (Å²) in [5, 5.41) is 21.6. The van der Waals surface area contributed by atoms with Crippen LogP contribution in [0.15, 0.2) is 35.0 Å². The topological polar surface area (TPSA) is 143 Å². The molecule has 11 heteroatoms. The van der Waals surface area contributed by atoms with Crippen molar-refractivity contribution < 1.29 is 19.2 Å². The van der Waals surface area contributed by atoms with Crippen LogP contribution in [-0.4, -0.2) is 43.1 Å². The molecule has 5 rings (SSSR count). The number of carboxylic acids is 1. The van der Waals surface area contributed by atoms with E-state index in [2.05, 4.69) is 30.7 Å². The van der Waals surface area contributed by atoms with Gasteiger partial charge in [0, 0.05) is 36.0 Å². The number of nitrogens with zero attached hydrogens (tertiary/aromatic N) is 4. The summed E-state index contributed by atoms with van der Waals surface area (Å²) in [4.78, 5) is 36.8. The molecule has 3 aromatic heterocycles. The van der Waals surface area contributed by atoms with Gasteiger partial charge in [-0.05, 0) is 37.3 Å². The molecule has 0 atom stereocenters. The molecule has 0 radical (unpaired) electrons. The largest absolute Gasteiger partial charge is 0.477 e. The van der Waals surface area contributed by atoms with Gasteiger partial charge >= 0.3 is 5.97 Å². The van der Waals surface area contributed by atoms with Crippen molar-refractivity contribution >= 4 is 44.9 Å². The first-order valence-electron chi connectivity index (χ1n) is 10.3. The number of hydrogen-bond donors (Lipinski definition) is 3. The smallest absolute Gasteiger partial charge is 0.347 e. The molecule has 4 aromatic rings. The summed E-state index contributed by atoms with van der Waals surface area (Å²) in [6.45, 7) is 3.36. The predicted molar refractivity (Wildman–Crippen MR) is 122 cm³/mol. The molecule has 1 aliphatic rings.